The Balaban J connectivity index is 0.000000555. The lowest BCUT2D eigenvalue weighted by Crippen LogP contribution is -2.19. The number of hydrogen-bond acceptors (Lipinski definition) is 1. The minimum Gasteiger partial charge on any atom is -0.448 e. The van der Waals surface area contributed by atoms with Gasteiger partial charge in [-0.3, -0.25) is 0 Å². The predicted molar refractivity (Wildman–Crippen MR) is 69.7 cm³/mol. The Kier molecular flexibility index (Phi) is 8.19. The van der Waals surface area contributed by atoms with Crippen LogP contribution in [0.25, 0.3) is 0 Å². The number of rotatable bonds is 4. The van der Waals surface area contributed by atoms with E-state index in [0.29, 0.717) is 6.04 Å². The zero-order valence-corrected chi connectivity index (χ0v) is 11.3. The molecule has 0 N–H and O–H groups in total. The molecule has 0 aliphatic carbocycles. The second-order valence-corrected chi connectivity index (χ2v) is 3.86. The first kappa shape index (κ1) is 17.7. The normalized spacial score (nSPS) is 19.4. The average Bonchev–Trinajstić information content (AvgIpc) is 2.67. The van der Waals surface area contributed by atoms with Gasteiger partial charge in [0.05, 0.1) is 13.0 Å². The van der Waals surface area contributed by atoms with E-state index in [2.05, 4.69) is 30.4 Å². The molecule has 1 aliphatic rings. The highest BCUT2D eigenvalue weighted by molar-refractivity contribution is 6.50. The van der Waals surface area contributed by atoms with Gasteiger partial charge in [0.2, 0.25) is 0 Å². The lowest BCUT2D eigenvalue weighted by molar-refractivity contribution is -0.486. The Morgan fingerprint density at radius 1 is 1.37 bits per heavy atom. The van der Waals surface area contributed by atoms with Gasteiger partial charge in [0.15, 0.2) is 12.2 Å². The Morgan fingerprint density at radius 3 is 2.37 bits per heavy atom. The van der Waals surface area contributed by atoms with Gasteiger partial charge in [-0.15, -0.1) is 0 Å². The highest BCUT2D eigenvalue weighted by atomic mass is 19.5. The van der Waals surface area contributed by atoms with E-state index in [1.54, 1.807) is 0 Å². The summed E-state index contributed by atoms with van der Waals surface area (Å²) in [6, 6.07) is 0.416. The Bertz CT molecular complexity index is 333. The van der Waals surface area contributed by atoms with Crippen LogP contribution >= 0.6 is 0 Å². The molecule has 0 amide bonds. The first-order valence-electron chi connectivity index (χ1n) is 6.26. The molecule has 110 valence electrons. The van der Waals surface area contributed by atoms with Gasteiger partial charge >= 0.3 is 13.2 Å². The maximum Gasteiger partial charge on any atom is 0.673 e. The van der Waals surface area contributed by atoms with Crippen LogP contribution in [0.15, 0.2) is 24.9 Å². The predicted octanol–water partition coefficient (Wildman–Crippen LogP) is 4.01. The summed E-state index contributed by atoms with van der Waals surface area (Å²) in [6.45, 7) is 8.76. The van der Waals surface area contributed by atoms with E-state index >= 15 is 0 Å². The average molecular weight is 281 g/mol. The van der Waals surface area contributed by atoms with E-state index in [9.17, 15) is 17.3 Å². The first-order chi connectivity index (χ1) is 8.83. The highest BCUT2D eigenvalue weighted by Gasteiger charge is 2.30. The molecule has 0 saturated heterocycles. The maximum absolute atomic E-state index is 9.75. The molecule has 0 saturated carbocycles. The van der Waals surface area contributed by atoms with Gasteiger partial charge in [-0.05, 0) is 25.5 Å². The lowest BCUT2D eigenvalue weighted by Gasteiger charge is -2.01. The molecule has 0 radical (unpaired) electrons. The summed E-state index contributed by atoms with van der Waals surface area (Å²) in [4.78, 5) is 0. The van der Waals surface area contributed by atoms with Crippen molar-refractivity contribution in [3.05, 3.63) is 24.9 Å². The third kappa shape index (κ3) is 8.45. The van der Waals surface area contributed by atoms with Crippen LogP contribution in [-0.4, -0.2) is 30.4 Å². The molecule has 0 spiro atoms. The van der Waals surface area contributed by atoms with Crippen molar-refractivity contribution in [3.63, 3.8) is 0 Å². The fourth-order valence-electron chi connectivity index (χ4n) is 1.68. The van der Waals surface area contributed by atoms with Crippen LogP contribution in [0.3, 0.4) is 0 Å². The SMILES string of the molecule is C=C[C@@H]1CCC(OCC)=[N+]1/C=C/CC.F[B-](F)(F)F. The van der Waals surface area contributed by atoms with Gasteiger partial charge in [0.25, 0.3) is 0 Å². The van der Waals surface area contributed by atoms with Crippen LogP contribution in [0.5, 0.6) is 0 Å². The maximum atomic E-state index is 9.75. The van der Waals surface area contributed by atoms with Crippen molar-refractivity contribution in [1.82, 2.24) is 0 Å². The molecular weight excluding hydrogens is 261 g/mol. The zero-order chi connectivity index (χ0) is 14.9. The minimum atomic E-state index is -6.00. The molecule has 1 atom stereocenters. The number of halogens is 4. The quantitative estimate of drug-likeness (QED) is 0.328. The molecule has 1 aliphatic heterocycles. The summed E-state index contributed by atoms with van der Waals surface area (Å²) in [7, 11) is -6.00. The van der Waals surface area contributed by atoms with E-state index in [4.69, 9.17) is 4.74 Å². The van der Waals surface area contributed by atoms with Gasteiger partial charge < -0.3 is 22.0 Å². The van der Waals surface area contributed by atoms with E-state index in [0.717, 1.165) is 31.8 Å². The first-order valence-corrected chi connectivity index (χ1v) is 6.26. The molecule has 0 unspecified atom stereocenters. The Morgan fingerprint density at radius 2 is 1.95 bits per heavy atom. The molecular formula is C12H20BF4NO. The van der Waals surface area contributed by atoms with Crippen LogP contribution in [0.2, 0.25) is 0 Å². The lowest BCUT2D eigenvalue weighted by atomic mass is 10.2. The molecule has 7 heteroatoms. The fourth-order valence-corrected chi connectivity index (χ4v) is 1.68. The number of nitrogens with zero attached hydrogens (tertiary/aromatic N) is 1. The van der Waals surface area contributed by atoms with Crippen molar-refractivity contribution in [2.24, 2.45) is 0 Å². The van der Waals surface area contributed by atoms with Gasteiger partial charge in [-0.1, -0.05) is 13.5 Å². The fraction of sp³-hybridized carbons (Fsp3) is 0.583. The molecule has 0 aromatic rings. The van der Waals surface area contributed by atoms with Crippen molar-refractivity contribution in [1.29, 1.82) is 0 Å². The summed E-state index contributed by atoms with van der Waals surface area (Å²) in [5.74, 6) is 1.09. The summed E-state index contributed by atoms with van der Waals surface area (Å²) >= 11 is 0. The smallest absolute Gasteiger partial charge is 0.448 e. The molecule has 1 rings (SSSR count). The van der Waals surface area contributed by atoms with Crippen LogP contribution in [0.4, 0.5) is 17.3 Å². The van der Waals surface area contributed by atoms with Gasteiger partial charge in [-0.25, -0.2) is 0 Å². The largest absolute Gasteiger partial charge is 0.673 e. The van der Waals surface area contributed by atoms with Crippen molar-refractivity contribution >= 4 is 13.2 Å². The number of ether oxygens (including phenoxy) is 1. The standard InChI is InChI=1S/C12H20NO.BF4/c1-4-7-10-13-11(5-2)8-9-12(13)14-6-3;2-1(3,4)5/h5,7,10-11H,2,4,6,8-9H2,1,3H3;/q+1;-1/b10-7+;/t11-;/m1./s1. The van der Waals surface area contributed by atoms with Gasteiger partial charge in [0.1, 0.15) is 0 Å². The number of hydrogen-bond donors (Lipinski definition) is 0. The molecule has 0 bridgehead atoms. The third-order valence-corrected chi connectivity index (χ3v) is 2.38. The molecule has 0 fully saturated rings. The second-order valence-electron chi connectivity index (χ2n) is 3.86. The summed E-state index contributed by atoms with van der Waals surface area (Å²) in [5, 5.41) is 0. The highest BCUT2D eigenvalue weighted by Crippen LogP contribution is 2.15. The van der Waals surface area contributed by atoms with Crippen LogP contribution < -0.4 is 0 Å². The van der Waals surface area contributed by atoms with Gasteiger partial charge in [0, 0.05) is 6.42 Å². The zero-order valence-electron chi connectivity index (χ0n) is 11.3. The van der Waals surface area contributed by atoms with Crippen LogP contribution in [0, 0.1) is 0 Å². The van der Waals surface area contributed by atoms with E-state index in [-0.39, 0.29) is 0 Å². The van der Waals surface area contributed by atoms with Crippen molar-refractivity contribution in [2.45, 2.75) is 39.2 Å². The van der Waals surface area contributed by atoms with Crippen LogP contribution in [0.1, 0.15) is 33.1 Å². The monoisotopic (exact) mass is 281 g/mol. The molecule has 0 aromatic heterocycles. The third-order valence-electron chi connectivity index (χ3n) is 2.38. The minimum absolute atomic E-state index is 0.416. The van der Waals surface area contributed by atoms with Crippen molar-refractivity contribution in [2.75, 3.05) is 6.61 Å². The number of allylic oxidation sites excluding steroid dienone is 1. The van der Waals surface area contributed by atoms with E-state index in [1.807, 2.05) is 13.0 Å². The molecule has 0 aromatic carbocycles. The summed E-state index contributed by atoms with van der Waals surface area (Å²) in [6.07, 6.45) is 9.46. The second kappa shape index (κ2) is 8.77. The van der Waals surface area contributed by atoms with E-state index in [1.165, 1.54) is 0 Å². The van der Waals surface area contributed by atoms with Crippen molar-refractivity contribution in [3.8, 4) is 0 Å². The molecule has 19 heavy (non-hydrogen) atoms. The van der Waals surface area contributed by atoms with Crippen molar-refractivity contribution < 1.29 is 26.6 Å². The Labute approximate surface area is 111 Å². The summed E-state index contributed by atoms with van der Waals surface area (Å²) < 4.78 is 46.8. The van der Waals surface area contributed by atoms with Gasteiger partial charge in [-0.2, -0.15) is 4.58 Å². The van der Waals surface area contributed by atoms with E-state index < -0.39 is 7.25 Å². The van der Waals surface area contributed by atoms with Crippen LogP contribution in [-0.2, 0) is 4.74 Å². The topological polar surface area (TPSA) is 12.2 Å². The summed E-state index contributed by atoms with van der Waals surface area (Å²) in [5.41, 5.74) is 0. The Hall–Kier alpha value is -1.27. The molecule has 2 nitrogen and oxygen atoms in total. The molecule has 1 heterocycles.